The van der Waals surface area contributed by atoms with Crippen molar-refractivity contribution in [1.82, 2.24) is 0 Å². The van der Waals surface area contributed by atoms with Crippen LogP contribution in [0.15, 0.2) is 12.1 Å². The summed E-state index contributed by atoms with van der Waals surface area (Å²) in [6.07, 6.45) is 4.05. The van der Waals surface area contributed by atoms with Gasteiger partial charge in [-0.3, -0.25) is 0 Å². The Labute approximate surface area is 93.7 Å². The van der Waals surface area contributed by atoms with E-state index in [0.717, 1.165) is 11.8 Å². The van der Waals surface area contributed by atoms with E-state index in [1.54, 1.807) is 11.1 Å². The van der Waals surface area contributed by atoms with Crippen LogP contribution in [-0.2, 0) is 6.42 Å². The molecular weight excluding hydrogens is 180 g/mol. The summed E-state index contributed by atoms with van der Waals surface area (Å²) in [7, 11) is 0. The van der Waals surface area contributed by atoms with Gasteiger partial charge in [0.1, 0.15) is 0 Å². The van der Waals surface area contributed by atoms with Crippen molar-refractivity contribution in [1.29, 1.82) is 0 Å². The van der Waals surface area contributed by atoms with Crippen LogP contribution in [0.25, 0.3) is 0 Å². The molecule has 0 amide bonds. The van der Waals surface area contributed by atoms with Gasteiger partial charge in [-0.1, -0.05) is 31.5 Å². The summed E-state index contributed by atoms with van der Waals surface area (Å²) in [5, 5.41) is 0. The number of hydrogen-bond donors (Lipinski definition) is 0. The fraction of sp³-hybridized carbons (Fsp3) is 0.600. The van der Waals surface area contributed by atoms with Gasteiger partial charge in [-0.15, -0.1) is 0 Å². The lowest BCUT2D eigenvalue weighted by molar-refractivity contribution is 0.432. The smallest absolute Gasteiger partial charge is 0.0136 e. The minimum Gasteiger partial charge on any atom is -0.0622 e. The minimum absolute atomic E-state index is 0.783. The molecule has 0 heterocycles. The van der Waals surface area contributed by atoms with E-state index >= 15 is 0 Å². The van der Waals surface area contributed by atoms with Crippen molar-refractivity contribution in [2.24, 2.45) is 5.92 Å². The maximum absolute atomic E-state index is 2.42. The van der Waals surface area contributed by atoms with Gasteiger partial charge in [-0.2, -0.15) is 0 Å². The van der Waals surface area contributed by atoms with E-state index in [-0.39, 0.29) is 0 Å². The van der Waals surface area contributed by atoms with Crippen molar-refractivity contribution in [3.05, 3.63) is 34.4 Å². The Morgan fingerprint density at radius 3 is 2.60 bits per heavy atom. The Bertz CT molecular complexity index is 361. The first-order chi connectivity index (χ1) is 7.09. The zero-order chi connectivity index (χ0) is 11.0. The molecule has 2 rings (SSSR count). The highest BCUT2D eigenvalue weighted by Crippen LogP contribution is 2.38. The lowest BCUT2D eigenvalue weighted by Gasteiger charge is -2.30. The molecule has 0 bridgehead atoms. The average Bonchev–Trinajstić information content (AvgIpc) is 2.16. The summed E-state index contributed by atoms with van der Waals surface area (Å²) in [5.41, 5.74) is 6.23. The molecule has 1 aromatic carbocycles. The second-order valence-corrected chi connectivity index (χ2v) is 5.39. The van der Waals surface area contributed by atoms with Gasteiger partial charge in [0.05, 0.1) is 0 Å². The molecule has 1 aromatic rings. The van der Waals surface area contributed by atoms with E-state index in [2.05, 4.69) is 39.8 Å². The molecule has 0 aliphatic heterocycles. The third-order valence-corrected chi connectivity index (χ3v) is 3.80. The van der Waals surface area contributed by atoms with Gasteiger partial charge in [-0.05, 0) is 61.6 Å². The van der Waals surface area contributed by atoms with Crippen LogP contribution in [0.2, 0.25) is 0 Å². The van der Waals surface area contributed by atoms with Gasteiger partial charge in [0.2, 0.25) is 0 Å². The van der Waals surface area contributed by atoms with Crippen LogP contribution in [-0.4, -0.2) is 0 Å². The lowest BCUT2D eigenvalue weighted by atomic mass is 9.75. The highest BCUT2D eigenvalue weighted by atomic mass is 14.3. The van der Waals surface area contributed by atoms with Gasteiger partial charge in [-0.25, -0.2) is 0 Å². The fourth-order valence-corrected chi connectivity index (χ4v) is 3.05. The molecule has 0 saturated carbocycles. The Morgan fingerprint density at radius 2 is 1.93 bits per heavy atom. The maximum Gasteiger partial charge on any atom is -0.0136 e. The molecule has 1 aliphatic carbocycles. The molecule has 0 fully saturated rings. The van der Waals surface area contributed by atoms with Crippen molar-refractivity contribution in [2.45, 2.75) is 52.9 Å². The van der Waals surface area contributed by atoms with E-state index in [9.17, 15) is 0 Å². The molecule has 0 heteroatoms. The van der Waals surface area contributed by atoms with E-state index < -0.39 is 0 Å². The number of rotatable bonds is 1. The van der Waals surface area contributed by atoms with Crippen LogP contribution in [0.3, 0.4) is 0 Å². The molecule has 15 heavy (non-hydrogen) atoms. The van der Waals surface area contributed by atoms with Gasteiger partial charge in [0, 0.05) is 0 Å². The van der Waals surface area contributed by atoms with Crippen LogP contribution >= 0.6 is 0 Å². The summed E-state index contributed by atoms with van der Waals surface area (Å²) in [6, 6.07) is 4.76. The molecule has 0 spiro atoms. The van der Waals surface area contributed by atoms with Crippen LogP contribution in [0.1, 0.15) is 54.9 Å². The van der Waals surface area contributed by atoms with Crippen LogP contribution in [0.4, 0.5) is 0 Å². The maximum atomic E-state index is 2.42. The minimum atomic E-state index is 0.783. The molecule has 1 atom stereocenters. The molecule has 0 N–H and O–H groups in total. The highest BCUT2D eigenvalue weighted by molar-refractivity contribution is 5.42. The molecule has 0 aromatic heterocycles. The summed E-state index contributed by atoms with van der Waals surface area (Å²) in [6.45, 7) is 9.21. The van der Waals surface area contributed by atoms with Crippen molar-refractivity contribution in [3.63, 3.8) is 0 Å². The molecule has 1 unspecified atom stereocenters. The predicted octanol–water partition coefficient (Wildman–Crippen LogP) is 4.38. The monoisotopic (exact) mass is 202 g/mol. The summed E-state index contributed by atoms with van der Waals surface area (Å²) in [5.74, 6) is 1.58. The van der Waals surface area contributed by atoms with Crippen LogP contribution < -0.4 is 0 Å². The number of aryl methyl sites for hydroxylation is 2. The Balaban J connectivity index is 2.50. The van der Waals surface area contributed by atoms with Gasteiger partial charge in [0.25, 0.3) is 0 Å². The van der Waals surface area contributed by atoms with Gasteiger partial charge < -0.3 is 0 Å². The average molecular weight is 202 g/mol. The van der Waals surface area contributed by atoms with Gasteiger partial charge >= 0.3 is 0 Å². The largest absolute Gasteiger partial charge is 0.0622 e. The quantitative estimate of drug-likeness (QED) is 0.634. The summed E-state index contributed by atoms with van der Waals surface area (Å²) >= 11 is 0. The molecule has 0 nitrogen and oxygen atoms in total. The van der Waals surface area contributed by atoms with Crippen molar-refractivity contribution < 1.29 is 0 Å². The van der Waals surface area contributed by atoms with E-state index in [1.807, 2.05) is 0 Å². The molecule has 82 valence electrons. The van der Waals surface area contributed by atoms with Crippen LogP contribution in [0.5, 0.6) is 0 Å². The summed E-state index contributed by atoms with van der Waals surface area (Å²) in [4.78, 5) is 0. The standard InChI is InChI=1S/C15H22/c1-10(2)13-6-5-7-14-12(4)8-11(3)9-15(13)14/h8-10,13H,5-7H2,1-4H3. The zero-order valence-electron chi connectivity index (χ0n) is 10.4. The first kappa shape index (κ1) is 10.7. The van der Waals surface area contributed by atoms with E-state index in [1.165, 1.54) is 30.4 Å². The molecule has 0 radical (unpaired) electrons. The summed E-state index contributed by atoms with van der Waals surface area (Å²) < 4.78 is 0. The Hall–Kier alpha value is -0.780. The highest BCUT2D eigenvalue weighted by Gasteiger charge is 2.23. The number of benzene rings is 1. The zero-order valence-corrected chi connectivity index (χ0v) is 10.4. The van der Waals surface area contributed by atoms with Gasteiger partial charge in [0.15, 0.2) is 0 Å². The number of hydrogen-bond acceptors (Lipinski definition) is 0. The van der Waals surface area contributed by atoms with Crippen molar-refractivity contribution in [3.8, 4) is 0 Å². The van der Waals surface area contributed by atoms with Crippen molar-refractivity contribution in [2.75, 3.05) is 0 Å². The second kappa shape index (κ2) is 4.00. The molecule has 0 saturated heterocycles. The predicted molar refractivity (Wildman–Crippen MR) is 66.4 cm³/mol. The third kappa shape index (κ3) is 1.95. The molecular formula is C15H22. The van der Waals surface area contributed by atoms with Crippen molar-refractivity contribution >= 4 is 0 Å². The van der Waals surface area contributed by atoms with Crippen LogP contribution in [0, 0.1) is 19.8 Å². The normalized spacial score (nSPS) is 20.5. The topological polar surface area (TPSA) is 0 Å². The van der Waals surface area contributed by atoms with E-state index in [0.29, 0.717) is 0 Å². The van der Waals surface area contributed by atoms with E-state index in [4.69, 9.17) is 0 Å². The Morgan fingerprint density at radius 1 is 1.20 bits per heavy atom. The number of fused-ring (bicyclic) bond motifs is 1. The third-order valence-electron chi connectivity index (χ3n) is 3.80. The second-order valence-electron chi connectivity index (χ2n) is 5.39. The fourth-order valence-electron chi connectivity index (χ4n) is 3.05. The Kier molecular flexibility index (Phi) is 2.86. The lowest BCUT2D eigenvalue weighted by Crippen LogP contribution is -2.16. The first-order valence-corrected chi connectivity index (χ1v) is 6.19. The molecule has 1 aliphatic rings. The SMILES string of the molecule is Cc1cc(C)c2c(c1)C(C(C)C)CCC2. The first-order valence-electron chi connectivity index (χ1n) is 6.19.